The summed E-state index contributed by atoms with van der Waals surface area (Å²) in [5.74, 6) is 3.26. The summed E-state index contributed by atoms with van der Waals surface area (Å²) in [4.78, 5) is 0. The molecule has 3 heteroatoms. The van der Waals surface area contributed by atoms with Gasteiger partial charge in [-0.25, -0.2) is 0 Å². The zero-order valence-corrected chi connectivity index (χ0v) is 12.4. The van der Waals surface area contributed by atoms with E-state index in [-0.39, 0.29) is 0 Å². The van der Waals surface area contributed by atoms with Crippen molar-refractivity contribution in [2.45, 2.75) is 38.5 Å². The van der Waals surface area contributed by atoms with E-state index in [1.54, 1.807) is 0 Å². The molecule has 1 aromatic rings. The number of rotatable bonds is 3. The van der Waals surface area contributed by atoms with Crippen LogP contribution in [0.15, 0.2) is 18.2 Å². The molecule has 0 aliphatic carbocycles. The molecule has 0 saturated carbocycles. The summed E-state index contributed by atoms with van der Waals surface area (Å²) in [6.07, 6.45) is 4.75. The van der Waals surface area contributed by atoms with E-state index in [0.717, 1.165) is 50.1 Å². The Kier molecular flexibility index (Phi) is 4.46. The van der Waals surface area contributed by atoms with Crippen molar-refractivity contribution < 1.29 is 9.47 Å². The lowest BCUT2D eigenvalue weighted by Crippen LogP contribution is -2.35. The summed E-state index contributed by atoms with van der Waals surface area (Å²) in [6, 6.07) is 6.56. The lowest BCUT2D eigenvalue weighted by Gasteiger charge is -2.32. The Labute approximate surface area is 121 Å². The Morgan fingerprint density at radius 3 is 2.90 bits per heavy atom. The van der Waals surface area contributed by atoms with Gasteiger partial charge in [-0.1, -0.05) is 19.4 Å². The van der Waals surface area contributed by atoms with Gasteiger partial charge in [0, 0.05) is 6.42 Å². The molecule has 0 amide bonds. The smallest absolute Gasteiger partial charge is 0.161 e. The Bertz CT molecular complexity index is 445. The molecule has 110 valence electrons. The number of ether oxygens (including phenoxy) is 2. The molecule has 2 heterocycles. The van der Waals surface area contributed by atoms with Gasteiger partial charge in [0.05, 0.1) is 13.2 Å². The second-order valence-electron chi connectivity index (χ2n) is 5.90. The zero-order chi connectivity index (χ0) is 13.8. The van der Waals surface area contributed by atoms with Crippen molar-refractivity contribution in [3.05, 3.63) is 23.8 Å². The first-order valence-electron chi connectivity index (χ1n) is 7.98. The average molecular weight is 275 g/mol. The van der Waals surface area contributed by atoms with Gasteiger partial charge in [0.2, 0.25) is 0 Å². The van der Waals surface area contributed by atoms with E-state index < -0.39 is 0 Å². The quantitative estimate of drug-likeness (QED) is 0.917. The Balaban J connectivity index is 1.83. The van der Waals surface area contributed by atoms with Crippen molar-refractivity contribution in [3.8, 4) is 11.5 Å². The average Bonchev–Trinajstić information content (AvgIpc) is 2.72. The van der Waals surface area contributed by atoms with Gasteiger partial charge in [0.1, 0.15) is 0 Å². The predicted molar refractivity (Wildman–Crippen MR) is 80.7 cm³/mol. The first kappa shape index (κ1) is 13.7. The molecule has 2 aliphatic rings. The van der Waals surface area contributed by atoms with Crippen LogP contribution in [-0.2, 0) is 0 Å². The lowest BCUT2D eigenvalue weighted by molar-refractivity contribution is 0.295. The number of fused-ring (bicyclic) bond motifs is 1. The third-order valence-electron chi connectivity index (χ3n) is 4.47. The van der Waals surface area contributed by atoms with Crippen LogP contribution in [0.4, 0.5) is 0 Å². The van der Waals surface area contributed by atoms with Crippen molar-refractivity contribution in [1.82, 2.24) is 5.32 Å². The highest BCUT2D eigenvalue weighted by atomic mass is 16.5. The summed E-state index contributed by atoms with van der Waals surface area (Å²) < 4.78 is 11.6. The molecule has 2 atom stereocenters. The third-order valence-corrected chi connectivity index (χ3v) is 4.47. The Hall–Kier alpha value is -1.22. The van der Waals surface area contributed by atoms with Crippen molar-refractivity contribution in [1.29, 1.82) is 0 Å². The number of hydrogen-bond acceptors (Lipinski definition) is 3. The largest absolute Gasteiger partial charge is 0.490 e. The minimum atomic E-state index is 0.661. The highest BCUT2D eigenvalue weighted by Crippen LogP contribution is 2.38. The van der Waals surface area contributed by atoms with E-state index in [2.05, 4.69) is 30.4 Å². The highest BCUT2D eigenvalue weighted by Gasteiger charge is 2.26. The molecule has 20 heavy (non-hydrogen) atoms. The van der Waals surface area contributed by atoms with Crippen molar-refractivity contribution in [2.75, 3.05) is 26.3 Å². The van der Waals surface area contributed by atoms with Gasteiger partial charge in [-0.05, 0) is 55.5 Å². The molecule has 1 N–H and O–H groups in total. The van der Waals surface area contributed by atoms with Gasteiger partial charge in [-0.3, -0.25) is 0 Å². The molecular weight excluding hydrogens is 250 g/mol. The van der Waals surface area contributed by atoms with Crippen LogP contribution in [0.5, 0.6) is 11.5 Å². The van der Waals surface area contributed by atoms with Crippen LogP contribution in [-0.4, -0.2) is 26.3 Å². The fraction of sp³-hybridized carbons (Fsp3) is 0.647. The van der Waals surface area contributed by atoms with E-state index in [9.17, 15) is 0 Å². The van der Waals surface area contributed by atoms with Gasteiger partial charge in [0.25, 0.3) is 0 Å². The molecule has 1 saturated heterocycles. The fourth-order valence-corrected chi connectivity index (χ4v) is 3.45. The lowest BCUT2D eigenvalue weighted by atomic mass is 9.79. The summed E-state index contributed by atoms with van der Waals surface area (Å²) in [6.45, 7) is 6.07. The van der Waals surface area contributed by atoms with E-state index >= 15 is 0 Å². The molecule has 0 aromatic heterocycles. The fourth-order valence-electron chi connectivity index (χ4n) is 3.45. The molecule has 2 aliphatic heterocycles. The van der Waals surface area contributed by atoms with E-state index in [1.165, 1.54) is 24.8 Å². The van der Waals surface area contributed by atoms with Crippen molar-refractivity contribution >= 4 is 0 Å². The monoisotopic (exact) mass is 275 g/mol. The predicted octanol–water partition coefficient (Wildman–Crippen LogP) is 3.34. The van der Waals surface area contributed by atoms with Gasteiger partial charge in [0.15, 0.2) is 11.5 Å². The van der Waals surface area contributed by atoms with Crippen LogP contribution in [0, 0.1) is 5.92 Å². The number of piperidine rings is 1. The van der Waals surface area contributed by atoms with E-state index in [4.69, 9.17) is 9.47 Å². The van der Waals surface area contributed by atoms with Crippen LogP contribution in [0.25, 0.3) is 0 Å². The minimum absolute atomic E-state index is 0.661. The molecule has 3 rings (SSSR count). The maximum absolute atomic E-state index is 5.83. The topological polar surface area (TPSA) is 30.5 Å². The second kappa shape index (κ2) is 6.49. The van der Waals surface area contributed by atoms with Gasteiger partial charge < -0.3 is 14.8 Å². The number of hydrogen-bond donors (Lipinski definition) is 1. The van der Waals surface area contributed by atoms with E-state index in [1.807, 2.05) is 0 Å². The van der Waals surface area contributed by atoms with Crippen LogP contribution in [0.3, 0.4) is 0 Å². The first-order valence-corrected chi connectivity index (χ1v) is 7.98. The third kappa shape index (κ3) is 2.93. The standard InChI is InChI=1S/C17H25NO2/c1-2-4-14-12-18-8-7-15(14)13-5-6-16-17(11-13)20-10-3-9-19-16/h5-6,11,14-15,18H,2-4,7-10,12H2,1H3. The Morgan fingerprint density at radius 2 is 2.05 bits per heavy atom. The maximum atomic E-state index is 5.83. The van der Waals surface area contributed by atoms with Crippen LogP contribution >= 0.6 is 0 Å². The summed E-state index contributed by atoms with van der Waals surface area (Å²) in [5.41, 5.74) is 1.43. The minimum Gasteiger partial charge on any atom is -0.490 e. The van der Waals surface area contributed by atoms with Crippen LogP contribution in [0.1, 0.15) is 44.1 Å². The molecule has 3 nitrogen and oxygen atoms in total. The first-order chi connectivity index (χ1) is 9.88. The molecular formula is C17H25NO2. The van der Waals surface area contributed by atoms with Gasteiger partial charge >= 0.3 is 0 Å². The number of nitrogens with one attached hydrogen (secondary N) is 1. The highest BCUT2D eigenvalue weighted by molar-refractivity contribution is 5.44. The molecule has 0 bridgehead atoms. The zero-order valence-electron chi connectivity index (χ0n) is 12.4. The van der Waals surface area contributed by atoms with Gasteiger partial charge in [-0.2, -0.15) is 0 Å². The van der Waals surface area contributed by atoms with Crippen molar-refractivity contribution in [2.24, 2.45) is 5.92 Å². The molecule has 0 radical (unpaired) electrons. The molecule has 2 unspecified atom stereocenters. The van der Waals surface area contributed by atoms with Gasteiger partial charge in [-0.15, -0.1) is 0 Å². The molecule has 0 spiro atoms. The Morgan fingerprint density at radius 1 is 1.20 bits per heavy atom. The normalized spacial score (nSPS) is 26.1. The van der Waals surface area contributed by atoms with E-state index in [0.29, 0.717) is 5.92 Å². The molecule has 1 aromatic carbocycles. The SMILES string of the molecule is CCCC1CNCCC1c1ccc2c(c1)OCCCO2. The summed E-state index contributed by atoms with van der Waals surface area (Å²) in [5, 5.41) is 3.54. The van der Waals surface area contributed by atoms with Crippen LogP contribution in [0.2, 0.25) is 0 Å². The van der Waals surface area contributed by atoms with Crippen LogP contribution < -0.4 is 14.8 Å². The maximum Gasteiger partial charge on any atom is 0.161 e. The van der Waals surface area contributed by atoms with Crippen molar-refractivity contribution in [3.63, 3.8) is 0 Å². The number of benzene rings is 1. The second-order valence-corrected chi connectivity index (χ2v) is 5.90. The summed E-state index contributed by atoms with van der Waals surface area (Å²) in [7, 11) is 0. The molecule has 1 fully saturated rings. The summed E-state index contributed by atoms with van der Waals surface area (Å²) >= 11 is 0.